The first-order valence-corrected chi connectivity index (χ1v) is 11.3. The summed E-state index contributed by atoms with van der Waals surface area (Å²) in [7, 11) is 1.62. The number of carbonyl (C=O) groups excluding carboxylic acids is 1. The molecule has 162 valence electrons. The average Bonchev–Trinajstić information content (AvgIpc) is 3.17. The van der Waals surface area contributed by atoms with Crippen molar-refractivity contribution in [2.45, 2.75) is 18.2 Å². The van der Waals surface area contributed by atoms with Gasteiger partial charge in [-0.2, -0.15) is 0 Å². The molecule has 1 amide bonds. The normalized spacial score (nSPS) is 14.9. The Morgan fingerprint density at radius 1 is 1.03 bits per heavy atom. The van der Waals surface area contributed by atoms with E-state index in [1.54, 1.807) is 7.11 Å². The summed E-state index contributed by atoms with van der Waals surface area (Å²) >= 11 is 1.29. The van der Waals surface area contributed by atoms with Gasteiger partial charge in [0.15, 0.2) is 0 Å². The zero-order chi connectivity index (χ0) is 21.5. The van der Waals surface area contributed by atoms with Crippen molar-refractivity contribution in [3.05, 3.63) is 60.2 Å². The lowest BCUT2D eigenvalue weighted by Crippen LogP contribution is -2.36. The quantitative estimate of drug-likeness (QED) is 0.522. The predicted molar refractivity (Wildman–Crippen MR) is 120 cm³/mol. The summed E-state index contributed by atoms with van der Waals surface area (Å²) in [5.74, 6) is 1.60. The molecule has 2 heterocycles. The van der Waals surface area contributed by atoms with Gasteiger partial charge in [-0.3, -0.25) is 9.69 Å². The summed E-state index contributed by atoms with van der Waals surface area (Å²) < 4.78 is 10.9. The van der Waals surface area contributed by atoms with Crippen LogP contribution in [0.5, 0.6) is 5.75 Å². The summed E-state index contributed by atoms with van der Waals surface area (Å²) in [6, 6.07) is 17.9. The molecule has 0 atom stereocenters. The molecule has 0 radical (unpaired) electrons. The maximum Gasteiger partial charge on any atom is 0.277 e. The van der Waals surface area contributed by atoms with Gasteiger partial charge in [0.2, 0.25) is 11.8 Å². The van der Waals surface area contributed by atoms with E-state index < -0.39 is 0 Å². The fourth-order valence-electron chi connectivity index (χ4n) is 3.55. The van der Waals surface area contributed by atoms with Crippen LogP contribution < -0.4 is 4.74 Å². The highest BCUT2D eigenvalue weighted by molar-refractivity contribution is 7.99. The van der Waals surface area contributed by atoms with E-state index in [1.165, 1.54) is 17.3 Å². The first-order chi connectivity index (χ1) is 15.2. The van der Waals surface area contributed by atoms with Crippen LogP contribution in [-0.4, -0.2) is 64.9 Å². The molecule has 2 aromatic carbocycles. The van der Waals surface area contributed by atoms with Crippen molar-refractivity contribution in [1.29, 1.82) is 0 Å². The third kappa shape index (κ3) is 5.86. The van der Waals surface area contributed by atoms with Crippen molar-refractivity contribution >= 4 is 17.7 Å². The Kier molecular flexibility index (Phi) is 7.22. The molecule has 7 nitrogen and oxygen atoms in total. The molecule has 8 heteroatoms. The molecule has 1 saturated heterocycles. The topological polar surface area (TPSA) is 71.7 Å². The minimum Gasteiger partial charge on any atom is -0.497 e. The van der Waals surface area contributed by atoms with Gasteiger partial charge in [0.1, 0.15) is 5.75 Å². The van der Waals surface area contributed by atoms with Crippen molar-refractivity contribution in [1.82, 2.24) is 20.0 Å². The number of amides is 1. The number of methoxy groups -OCH3 is 1. The highest BCUT2D eigenvalue weighted by atomic mass is 32.2. The lowest BCUT2D eigenvalue weighted by Gasteiger charge is -2.21. The molecule has 0 bridgehead atoms. The first-order valence-electron chi connectivity index (χ1n) is 10.4. The number of aromatic nitrogens is 2. The van der Waals surface area contributed by atoms with Crippen LogP contribution in [0.25, 0.3) is 11.5 Å². The van der Waals surface area contributed by atoms with Gasteiger partial charge in [-0.1, -0.05) is 42.1 Å². The molecule has 0 spiro atoms. The van der Waals surface area contributed by atoms with Crippen LogP contribution in [0, 0.1) is 0 Å². The number of hydrogen-bond acceptors (Lipinski definition) is 7. The largest absolute Gasteiger partial charge is 0.497 e. The van der Waals surface area contributed by atoms with Gasteiger partial charge < -0.3 is 14.1 Å². The number of rotatable bonds is 7. The Labute approximate surface area is 186 Å². The Morgan fingerprint density at radius 2 is 1.84 bits per heavy atom. The number of thioether (sulfide) groups is 1. The predicted octanol–water partition coefficient (Wildman–Crippen LogP) is 3.57. The molecule has 1 aliphatic heterocycles. The minimum atomic E-state index is 0.107. The Bertz CT molecular complexity index is 978. The Balaban J connectivity index is 1.26. The average molecular weight is 439 g/mol. The minimum absolute atomic E-state index is 0.107. The van der Waals surface area contributed by atoms with E-state index in [4.69, 9.17) is 9.15 Å². The van der Waals surface area contributed by atoms with E-state index in [0.29, 0.717) is 16.9 Å². The van der Waals surface area contributed by atoms with Gasteiger partial charge in [-0.15, -0.1) is 10.2 Å². The van der Waals surface area contributed by atoms with Crippen LogP contribution >= 0.6 is 11.8 Å². The molecule has 4 rings (SSSR count). The van der Waals surface area contributed by atoms with E-state index in [1.807, 2.05) is 35.2 Å². The van der Waals surface area contributed by atoms with Crippen molar-refractivity contribution in [3.8, 4) is 17.2 Å². The molecular weight excluding hydrogens is 412 g/mol. The standard InChI is InChI=1S/C23H26N4O3S/c1-29-20-10-8-19(9-11-20)22-24-25-23(30-22)31-17-21(28)27-13-5-12-26(14-15-27)16-18-6-3-2-4-7-18/h2-4,6-11H,5,12-17H2,1H3. The van der Waals surface area contributed by atoms with Crippen LogP contribution in [0.15, 0.2) is 64.2 Å². The van der Waals surface area contributed by atoms with Gasteiger partial charge in [-0.25, -0.2) is 0 Å². The zero-order valence-corrected chi connectivity index (χ0v) is 18.4. The van der Waals surface area contributed by atoms with E-state index >= 15 is 0 Å². The van der Waals surface area contributed by atoms with Gasteiger partial charge in [0, 0.05) is 38.3 Å². The van der Waals surface area contributed by atoms with Crippen LogP contribution in [-0.2, 0) is 11.3 Å². The highest BCUT2D eigenvalue weighted by Gasteiger charge is 2.20. The number of hydrogen-bond donors (Lipinski definition) is 0. The van der Waals surface area contributed by atoms with Gasteiger partial charge in [0.25, 0.3) is 5.22 Å². The van der Waals surface area contributed by atoms with Crippen LogP contribution in [0.1, 0.15) is 12.0 Å². The highest BCUT2D eigenvalue weighted by Crippen LogP contribution is 2.25. The van der Waals surface area contributed by atoms with E-state index in [9.17, 15) is 4.79 Å². The number of benzene rings is 2. The SMILES string of the molecule is COc1ccc(-c2nnc(SCC(=O)N3CCCN(Cc4ccccc4)CC3)o2)cc1. The second-order valence-corrected chi connectivity index (χ2v) is 8.31. The smallest absolute Gasteiger partial charge is 0.277 e. The van der Waals surface area contributed by atoms with Gasteiger partial charge in [-0.05, 0) is 36.2 Å². The van der Waals surface area contributed by atoms with Gasteiger partial charge >= 0.3 is 0 Å². The summed E-state index contributed by atoms with van der Waals surface area (Å²) in [4.78, 5) is 17.1. The summed E-state index contributed by atoms with van der Waals surface area (Å²) in [5, 5.41) is 8.56. The Hall–Kier alpha value is -2.84. The molecule has 31 heavy (non-hydrogen) atoms. The van der Waals surface area contributed by atoms with E-state index in [0.717, 1.165) is 50.5 Å². The maximum absolute atomic E-state index is 12.7. The second-order valence-electron chi connectivity index (χ2n) is 7.39. The van der Waals surface area contributed by atoms with E-state index in [-0.39, 0.29) is 5.91 Å². The number of ether oxygens (including phenoxy) is 1. The molecule has 0 saturated carbocycles. The van der Waals surface area contributed by atoms with Gasteiger partial charge in [0.05, 0.1) is 12.9 Å². The number of nitrogens with zero attached hydrogens (tertiary/aromatic N) is 4. The fraction of sp³-hybridized carbons (Fsp3) is 0.348. The van der Waals surface area contributed by atoms with Crippen LogP contribution in [0.3, 0.4) is 0 Å². The third-order valence-corrected chi connectivity index (χ3v) is 6.06. The maximum atomic E-state index is 12.7. The second kappa shape index (κ2) is 10.5. The molecular formula is C23H26N4O3S. The van der Waals surface area contributed by atoms with Crippen LogP contribution in [0.4, 0.5) is 0 Å². The molecule has 0 aliphatic carbocycles. The Morgan fingerprint density at radius 3 is 2.61 bits per heavy atom. The lowest BCUT2D eigenvalue weighted by atomic mass is 10.2. The molecule has 0 N–H and O–H groups in total. The first kappa shape index (κ1) is 21.4. The lowest BCUT2D eigenvalue weighted by molar-refractivity contribution is -0.128. The fourth-order valence-corrected chi connectivity index (χ4v) is 4.22. The molecule has 1 fully saturated rings. The molecule has 1 aromatic heterocycles. The van der Waals surface area contributed by atoms with Crippen molar-refractivity contribution in [2.75, 3.05) is 39.0 Å². The summed E-state index contributed by atoms with van der Waals surface area (Å²) in [6.07, 6.45) is 0.978. The summed E-state index contributed by atoms with van der Waals surface area (Å²) in [5.41, 5.74) is 2.12. The monoisotopic (exact) mass is 438 g/mol. The summed E-state index contributed by atoms with van der Waals surface area (Å²) in [6.45, 7) is 4.33. The zero-order valence-electron chi connectivity index (χ0n) is 17.6. The van der Waals surface area contributed by atoms with Crippen LogP contribution in [0.2, 0.25) is 0 Å². The molecule has 1 aliphatic rings. The van der Waals surface area contributed by atoms with Crippen molar-refractivity contribution in [3.63, 3.8) is 0 Å². The van der Waals surface area contributed by atoms with Crippen molar-refractivity contribution < 1.29 is 13.9 Å². The molecule has 0 unspecified atom stereocenters. The third-order valence-electron chi connectivity index (χ3n) is 5.25. The number of carbonyl (C=O) groups is 1. The molecule has 3 aromatic rings. The van der Waals surface area contributed by atoms with Crippen molar-refractivity contribution in [2.24, 2.45) is 0 Å². The van der Waals surface area contributed by atoms with E-state index in [2.05, 4.69) is 39.4 Å².